The fourth-order valence-corrected chi connectivity index (χ4v) is 3.10. The van der Waals surface area contributed by atoms with Crippen molar-refractivity contribution in [1.29, 1.82) is 0 Å². The van der Waals surface area contributed by atoms with Gasteiger partial charge in [-0.25, -0.2) is 0 Å². The number of para-hydroxylation sites is 2. The minimum Gasteiger partial charge on any atom is -0.495 e. The Kier molecular flexibility index (Phi) is 5.83. The van der Waals surface area contributed by atoms with Gasteiger partial charge in [0.05, 0.1) is 24.3 Å². The Labute approximate surface area is 143 Å². The van der Waals surface area contributed by atoms with Gasteiger partial charge < -0.3 is 20.7 Å². The molecule has 2 rings (SSSR count). The van der Waals surface area contributed by atoms with Crippen LogP contribution < -0.4 is 20.7 Å². The first-order valence-corrected chi connectivity index (χ1v) is 8.45. The molecule has 1 unspecified atom stereocenters. The van der Waals surface area contributed by atoms with Gasteiger partial charge in [-0.3, -0.25) is 9.59 Å². The molecule has 1 aromatic carbocycles. The third kappa shape index (κ3) is 3.53. The van der Waals surface area contributed by atoms with E-state index in [9.17, 15) is 9.59 Å². The fourth-order valence-electron chi connectivity index (χ4n) is 3.10. The molecule has 1 aliphatic rings. The van der Waals surface area contributed by atoms with Gasteiger partial charge >= 0.3 is 0 Å². The molecule has 0 aliphatic carbocycles. The van der Waals surface area contributed by atoms with Gasteiger partial charge in [0.25, 0.3) is 0 Å². The monoisotopic (exact) mass is 333 g/mol. The maximum Gasteiger partial charge on any atom is 0.227 e. The molecule has 1 aliphatic heterocycles. The maximum atomic E-state index is 12.6. The number of benzene rings is 1. The smallest absolute Gasteiger partial charge is 0.227 e. The molecule has 1 fully saturated rings. The second kappa shape index (κ2) is 7.66. The van der Waals surface area contributed by atoms with Crippen molar-refractivity contribution in [2.75, 3.05) is 25.1 Å². The number of nitrogens with one attached hydrogen (secondary N) is 1. The van der Waals surface area contributed by atoms with Gasteiger partial charge in [-0.2, -0.15) is 0 Å². The van der Waals surface area contributed by atoms with Crippen molar-refractivity contribution in [3.05, 3.63) is 24.3 Å². The summed E-state index contributed by atoms with van der Waals surface area (Å²) < 4.78 is 5.32. The van der Waals surface area contributed by atoms with Gasteiger partial charge in [0, 0.05) is 19.5 Å². The lowest BCUT2D eigenvalue weighted by Gasteiger charge is -2.32. The van der Waals surface area contributed by atoms with Crippen molar-refractivity contribution in [3.63, 3.8) is 0 Å². The Morgan fingerprint density at radius 1 is 1.38 bits per heavy atom. The first-order chi connectivity index (χ1) is 11.5. The summed E-state index contributed by atoms with van der Waals surface area (Å²) in [6.07, 6.45) is 1.74. The number of hydrogen-bond acceptors (Lipinski definition) is 4. The van der Waals surface area contributed by atoms with Crippen LogP contribution in [0.1, 0.15) is 33.1 Å². The van der Waals surface area contributed by atoms with E-state index in [-0.39, 0.29) is 24.2 Å². The molecular weight excluding hydrogens is 306 g/mol. The number of rotatable bonds is 7. The molecule has 0 bridgehead atoms. The average Bonchev–Trinajstić information content (AvgIpc) is 3.01. The molecule has 0 radical (unpaired) electrons. The predicted molar refractivity (Wildman–Crippen MR) is 94.0 cm³/mol. The largest absolute Gasteiger partial charge is 0.495 e. The van der Waals surface area contributed by atoms with Crippen LogP contribution in [0.3, 0.4) is 0 Å². The number of hydrogen-bond donors (Lipinski definition) is 2. The third-order valence-electron chi connectivity index (χ3n) is 5.00. The number of nitrogens with zero attached hydrogens (tertiary/aromatic N) is 1. The maximum absolute atomic E-state index is 12.6. The number of carbonyl (C=O) groups is 2. The van der Waals surface area contributed by atoms with Crippen LogP contribution in [0, 0.1) is 5.92 Å². The van der Waals surface area contributed by atoms with E-state index in [0.29, 0.717) is 24.5 Å². The number of amides is 2. The van der Waals surface area contributed by atoms with Crippen molar-refractivity contribution >= 4 is 17.5 Å². The van der Waals surface area contributed by atoms with Crippen LogP contribution in [0.4, 0.5) is 5.69 Å². The van der Waals surface area contributed by atoms with Crippen molar-refractivity contribution in [1.82, 2.24) is 5.32 Å². The van der Waals surface area contributed by atoms with E-state index in [0.717, 1.165) is 12.8 Å². The third-order valence-corrected chi connectivity index (χ3v) is 5.00. The highest BCUT2D eigenvalue weighted by Gasteiger charge is 2.38. The molecule has 1 atom stereocenters. The molecule has 6 heteroatoms. The zero-order chi connectivity index (χ0) is 17.7. The molecule has 0 aromatic heterocycles. The molecule has 3 N–H and O–H groups in total. The van der Waals surface area contributed by atoms with Crippen LogP contribution >= 0.6 is 0 Å². The summed E-state index contributed by atoms with van der Waals surface area (Å²) in [5.41, 5.74) is 6.16. The lowest BCUT2D eigenvalue weighted by molar-refractivity contribution is -0.128. The molecule has 0 spiro atoms. The Morgan fingerprint density at radius 2 is 2.04 bits per heavy atom. The SMILES string of the molecule is CCC(CC)(CN)NC(=O)C1CC(=O)N(c2ccccc2OC)C1. The summed E-state index contributed by atoms with van der Waals surface area (Å²) >= 11 is 0. The van der Waals surface area contributed by atoms with Gasteiger partial charge in [-0.15, -0.1) is 0 Å². The molecule has 6 nitrogen and oxygen atoms in total. The van der Waals surface area contributed by atoms with Gasteiger partial charge in [-0.1, -0.05) is 26.0 Å². The topological polar surface area (TPSA) is 84.7 Å². The first kappa shape index (κ1) is 18.3. The van der Waals surface area contributed by atoms with E-state index in [1.54, 1.807) is 12.0 Å². The van der Waals surface area contributed by atoms with Crippen molar-refractivity contribution in [3.8, 4) is 5.75 Å². The highest BCUT2D eigenvalue weighted by Crippen LogP contribution is 2.33. The predicted octanol–water partition coefficient (Wildman–Crippen LogP) is 1.68. The van der Waals surface area contributed by atoms with Crippen LogP contribution in [0.2, 0.25) is 0 Å². The number of anilines is 1. The minimum atomic E-state index is -0.391. The number of carbonyl (C=O) groups excluding carboxylic acids is 2. The van der Waals surface area contributed by atoms with E-state index in [1.807, 2.05) is 38.1 Å². The van der Waals surface area contributed by atoms with Crippen LogP contribution in [0.5, 0.6) is 5.75 Å². The fraction of sp³-hybridized carbons (Fsp3) is 0.556. The molecule has 1 heterocycles. The quantitative estimate of drug-likeness (QED) is 0.795. The minimum absolute atomic E-state index is 0.0639. The Hall–Kier alpha value is -2.08. The highest BCUT2D eigenvalue weighted by molar-refractivity contribution is 6.01. The summed E-state index contributed by atoms with van der Waals surface area (Å²) in [7, 11) is 1.57. The van der Waals surface area contributed by atoms with Crippen molar-refractivity contribution in [2.45, 2.75) is 38.6 Å². The van der Waals surface area contributed by atoms with Crippen molar-refractivity contribution < 1.29 is 14.3 Å². The number of methoxy groups -OCH3 is 1. The Bertz CT molecular complexity index is 591. The molecular formula is C18H27N3O3. The molecule has 0 saturated carbocycles. The summed E-state index contributed by atoms with van der Waals surface area (Å²) in [4.78, 5) is 26.7. The van der Waals surface area contributed by atoms with Gasteiger partial charge in [-0.05, 0) is 25.0 Å². The zero-order valence-electron chi connectivity index (χ0n) is 14.7. The summed E-state index contributed by atoms with van der Waals surface area (Å²) in [5, 5.41) is 3.07. The number of ether oxygens (including phenoxy) is 1. The molecule has 1 aromatic rings. The molecule has 132 valence electrons. The summed E-state index contributed by atoms with van der Waals surface area (Å²) in [5.74, 6) is 0.0951. The van der Waals surface area contributed by atoms with Crippen LogP contribution in [0.15, 0.2) is 24.3 Å². The lowest BCUT2D eigenvalue weighted by Crippen LogP contribution is -2.54. The first-order valence-electron chi connectivity index (χ1n) is 8.45. The number of nitrogens with two attached hydrogens (primary N) is 1. The van der Waals surface area contributed by atoms with E-state index in [2.05, 4.69) is 5.32 Å². The van der Waals surface area contributed by atoms with Crippen LogP contribution in [-0.4, -0.2) is 37.6 Å². The van der Waals surface area contributed by atoms with Gasteiger partial charge in [0.15, 0.2) is 0 Å². The molecule has 1 saturated heterocycles. The average molecular weight is 333 g/mol. The summed E-state index contributed by atoms with van der Waals surface area (Å²) in [6, 6.07) is 7.35. The standard InChI is InChI=1S/C18H27N3O3/c1-4-18(5-2,12-19)20-17(23)13-10-16(22)21(11-13)14-8-6-7-9-15(14)24-3/h6-9,13H,4-5,10-12,19H2,1-3H3,(H,20,23). The van der Waals surface area contributed by atoms with Crippen LogP contribution in [-0.2, 0) is 9.59 Å². The Morgan fingerprint density at radius 3 is 2.62 bits per heavy atom. The highest BCUT2D eigenvalue weighted by atomic mass is 16.5. The molecule has 2 amide bonds. The normalized spacial score (nSPS) is 17.9. The van der Waals surface area contributed by atoms with E-state index in [1.165, 1.54) is 0 Å². The van der Waals surface area contributed by atoms with Crippen molar-refractivity contribution in [2.24, 2.45) is 11.7 Å². The zero-order valence-corrected chi connectivity index (χ0v) is 14.7. The van der Waals surface area contributed by atoms with E-state index >= 15 is 0 Å². The van der Waals surface area contributed by atoms with E-state index < -0.39 is 5.54 Å². The van der Waals surface area contributed by atoms with Crippen LogP contribution in [0.25, 0.3) is 0 Å². The lowest BCUT2D eigenvalue weighted by atomic mass is 9.91. The van der Waals surface area contributed by atoms with Gasteiger partial charge in [0.1, 0.15) is 5.75 Å². The second-order valence-electron chi connectivity index (χ2n) is 6.26. The summed E-state index contributed by atoms with van der Waals surface area (Å²) in [6.45, 7) is 4.77. The Balaban J connectivity index is 2.13. The van der Waals surface area contributed by atoms with Gasteiger partial charge in [0.2, 0.25) is 11.8 Å². The molecule has 24 heavy (non-hydrogen) atoms. The van der Waals surface area contributed by atoms with E-state index in [4.69, 9.17) is 10.5 Å². The second-order valence-corrected chi connectivity index (χ2v) is 6.26.